The van der Waals surface area contributed by atoms with Crippen LogP contribution in [0.1, 0.15) is 42.2 Å². The fraction of sp³-hybridized carbons (Fsp3) is 0.500. The number of aryl methyl sites for hydroxylation is 1. The van der Waals surface area contributed by atoms with Gasteiger partial charge in [0.2, 0.25) is 11.8 Å². The van der Waals surface area contributed by atoms with Crippen LogP contribution in [0.5, 0.6) is 5.88 Å². The van der Waals surface area contributed by atoms with Crippen LogP contribution in [0.15, 0.2) is 18.3 Å². The van der Waals surface area contributed by atoms with E-state index in [9.17, 15) is 18.0 Å². The van der Waals surface area contributed by atoms with E-state index in [4.69, 9.17) is 4.74 Å². The smallest absolute Gasteiger partial charge is 0.433 e. The third-order valence-electron chi connectivity index (χ3n) is 5.64. The molecule has 0 bridgehead atoms. The van der Waals surface area contributed by atoms with Gasteiger partial charge in [-0.15, -0.1) is 0 Å². The molecule has 1 amide bonds. The van der Waals surface area contributed by atoms with Crippen molar-refractivity contribution in [2.24, 2.45) is 5.92 Å². The lowest BCUT2D eigenvalue weighted by Gasteiger charge is -2.41. The van der Waals surface area contributed by atoms with E-state index in [1.54, 1.807) is 25.0 Å². The Balaban J connectivity index is 1.38. The molecular weight excluding hydrogens is 399 g/mol. The standard InChI is InChI=1S/C20H22F3N5O2/c1-11-18-15(19(30-3)26-12(2)25-18)10-28(11)17(29)6-13-8-27(9-13)14-4-5-24-16(7-14)20(21,22)23/h4-5,7,11,13H,6,8-10H2,1-3H3. The molecule has 0 aliphatic carbocycles. The van der Waals surface area contributed by atoms with Crippen LogP contribution in [0.2, 0.25) is 0 Å². The van der Waals surface area contributed by atoms with Crippen molar-refractivity contribution in [2.75, 3.05) is 25.1 Å². The van der Waals surface area contributed by atoms with E-state index in [0.717, 1.165) is 23.5 Å². The van der Waals surface area contributed by atoms with Crippen molar-refractivity contribution < 1.29 is 22.7 Å². The minimum atomic E-state index is -4.47. The van der Waals surface area contributed by atoms with Gasteiger partial charge in [-0.05, 0) is 26.0 Å². The SMILES string of the molecule is COc1nc(C)nc2c1CN(C(=O)CC1CN(c3ccnc(C(F)(F)F)c3)C1)C2C. The summed E-state index contributed by atoms with van der Waals surface area (Å²) in [6, 6.07) is 2.43. The van der Waals surface area contributed by atoms with E-state index in [1.165, 1.54) is 0 Å². The third-order valence-corrected chi connectivity index (χ3v) is 5.64. The van der Waals surface area contributed by atoms with Gasteiger partial charge in [0.15, 0.2) is 0 Å². The van der Waals surface area contributed by atoms with E-state index in [-0.39, 0.29) is 17.9 Å². The highest BCUT2D eigenvalue weighted by Crippen LogP contribution is 2.38. The molecule has 1 fully saturated rings. The average molecular weight is 421 g/mol. The van der Waals surface area contributed by atoms with Gasteiger partial charge < -0.3 is 14.5 Å². The number of carbonyl (C=O) groups excluding carboxylic acids is 1. The van der Waals surface area contributed by atoms with Gasteiger partial charge in [0.05, 0.1) is 31.0 Å². The van der Waals surface area contributed by atoms with Gasteiger partial charge in [-0.1, -0.05) is 0 Å². The molecule has 160 valence electrons. The molecular formula is C20H22F3N5O2. The van der Waals surface area contributed by atoms with Gasteiger partial charge in [0.1, 0.15) is 11.5 Å². The number of halogens is 3. The van der Waals surface area contributed by atoms with Crippen molar-refractivity contribution in [3.05, 3.63) is 41.1 Å². The molecule has 2 aliphatic heterocycles. The highest BCUT2D eigenvalue weighted by molar-refractivity contribution is 5.78. The van der Waals surface area contributed by atoms with Crippen LogP contribution in [-0.2, 0) is 17.5 Å². The third kappa shape index (κ3) is 3.66. The predicted molar refractivity (Wildman–Crippen MR) is 102 cm³/mol. The zero-order chi connectivity index (χ0) is 21.6. The summed E-state index contributed by atoms with van der Waals surface area (Å²) >= 11 is 0. The van der Waals surface area contributed by atoms with Gasteiger partial charge in [-0.3, -0.25) is 9.78 Å². The Labute approximate surface area is 171 Å². The maximum absolute atomic E-state index is 12.9. The number of hydrogen-bond acceptors (Lipinski definition) is 6. The second-order valence-corrected chi connectivity index (χ2v) is 7.71. The second-order valence-electron chi connectivity index (χ2n) is 7.71. The molecule has 4 rings (SSSR count). The van der Waals surface area contributed by atoms with Crippen LogP contribution in [0.4, 0.5) is 18.9 Å². The molecule has 1 saturated heterocycles. The quantitative estimate of drug-likeness (QED) is 0.756. The molecule has 0 radical (unpaired) electrons. The summed E-state index contributed by atoms with van der Waals surface area (Å²) in [5.74, 6) is 1.17. The number of rotatable bonds is 4. The Bertz CT molecular complexity index is 975. The number of hydrogen-bond donors (Lipinski definition) is 0. The molecule has 0 saturated carbocycles. The lowest BCUT2D eigenvalue weighted by molar-refractivity contribution is -0.141. The first-order chi connectivity index (χ1) is 14.2. The molecule has 10 heteroatoms. The lowest BCUT2D eigenvalue weighted by atomic mass is 9.94. The van der Waals surface area contributed by atoms with Crippen molar-refractivity contribution in [3.8, 4) is 5.88 Å². The maximum atomic E-state index is 12.9. The summed E-state index contributed by atoms with van der Waals surface area (Å²) in [7, 11) is 1.55. The van der Waals surface area contributed by atoms with Gasteiger partial charge in [0, 0.05) is 37.3 Å². The summed E-state index contributed by atoms with van der Waals surface area (Å²) in [6.45, 7) is 5.17. The molecule has 0 aromatic carbocycles. The summed E-state index contributed by atoms with van der Waals surface area (Å²) in [6.07, 6.45) is -2.98. The minimum absolute atomic E-state index is 0.00411. The lowest BCUT2D eigenvalue weighted by Crippen LogP contribution is -2.48. The van der Waals surface area contributed by atoms with Gasteiger partial charge >= 0.3 is 6.18 Å². The average Bonchev–Trinajstić information content (AvgIpc) is 2.99. The highest BCUT2D eigenvalue weighted by Gasteiger charge is 2.38. The Morgan fingerprint density at radius 1 is 1.30 bits per heavy atom. The van der Waals surface area contributed by atoms with Crippen molar-refractivity contribution in [1.29, 1.82) is 0 Å². The van der Waals surface area contributed by atoms with Crippen LogP contribution in [0, 0.1) is 12.8 Å². The molecule has 30 heavy (non-hydrogen) atoms. The summed E-state index contributed by atoms with van der Waals surface area (Å²) < 4.78 is 43.9. The normalized spacial score (nSPS) is 18.9. The molecule has 7 nitrogen and oxygen atoms in total. The number of methoxy groups -OCH3 is 1. The summed E-state index contributed by atoms with van der Waals surface area (Å²) in [4.78, 5) is 28.6. The minimum Gasteiger partial charge on any atom is -0.481 e. The Hall–Kier alpha value is -2.91. The summed E-state index contributed by atoms with van der Waals surface area (Å²) in [5.41, 5.74) is 1.20. The van der Waals surface area contributed by atoms with Crippen molar-refractivity contribution in [1.82, 2.24) is 19.9 Å². The molecule has 4 heterocycles. The molecule has 1 unspecified atom stereocenters. The van der Waals surface area contributed by atoms with E-state index in [0.29, 0.717) is 43.4 Å². The Morgan fingerprint density at radius 2 is 2.03 bits per heavy atom. The number of pyridine rings is 1. The van der Waals surface area contributed by atoms with Crippen LogP contribution in [0.3, 0.4) is 0 Å². The van der Waals surface area contributed by atoms with E-state index in [2.05, 4.69) is 15.0 Å². The number of ether oxygens (including phenoxy) is 1. The largest absolute Gasteiger partial charge is 0.481 e. The topological polar surface area (TPSA) is 71.5 Å². The first-order valence-corrected chi connectivity index (χ1v) is 9.66. The van der Waals surface area contributed by atoms with Crippen LogP contribution in [0.25, 0.3) is 0 Å². The van der Waals surface area contributed by atoms with Crippen LogP contribution in [-0.4, -0.2) is 46.0 Å². The predicted octanol–water partition coefficient (Wildman–Crippen LogP) is 3.14. The number of fused-ring (bicyclic) bond motifs is 1. The number of amides is 1. The number of alkyl halides is 3. The Kier molecular flexibility index (Phi) is 5.03. The van der Waals surface area contributed by atoms with E-state index in [1.807, 2.05) is 11.8 Å². The molecule has 2 aliphatic rings. The van der Waals surface area contributed by atoms with Crippen molar-refractivity contribution in [3.63, 3.8) is 0 Å². The molecule has 2 aromatic rings. The van der Waals surface area contributed by atoms with E-state index >= 15 is 0 Å². The second kappa shape index (κ2) is 7.41. The summed E-state index contributed by atoms with van der Waals surface area (Å²) in [5, 5.41) is 0. The zero-order valence-corrected chi connectivity index (χ0v) is 16.9. The molecule has 2 aromatic heterocycles. The first kappa shape index (κ1) is 20.4. The van der Waals surface area contributed by atoms with Gasteiger partial charge in [-0.2, -0.15) is 18.2 Å². The monoisotopic (exact) mass is 421 g/mol. The van der Waals surface area contributed by atoms with E-state index < -0.39 is 11.9 Å². The number of carbonyl (C=O) groups is 1. The van der Waals surface area contributed by atoms with Crippen LogP contribution >= 0.6 is 0 Å². The van der Waals surface area contributed by atoms with Crippen molar-refractivity contribution >= 4 is 11.6 Å². The van der Waals surface area contributed by atoms with Gasteiger partial charge in [-0.25, -0.2) is 4.98 Å². The maximum Gasteiger partial charge on any atom is 0.433 e. The number of anilines is 1. The molecule has 0 N–H and O–H groups in total. The fourth-order valence-corrected chi connectivity index (χ4v) is 4.06. The number of nitrogens with zero attached hydrogens (tertiary/aromatic N) is 5. The first-order valence-electron chi connectivity index (χ1n) is 9.66. The molecule has 0 spiro atoms. The number of aromatic nitrogens is 3. The zero-order valence-electron chi connectivity index (χ0n) is 16.9. The van der Waals surface area contributed by atoms with Crippen molar-refractivity contribution in [2.45, 2.75) is 39.0 Å². The Morgan fingerprint density at radius 3 is 2.70 bits per heavy atom. The fourth-order valence-electron chi connectivity index (χ4n) is 4.06. The molecule has 1 atom stereocenters. The van der Waals surface area contributed by atoms with Gasteiger partial charge in [0.25, 0.3) is 0 Å². The van der Waals surface area contributed by atoms with Crippen LogP contribution < -0.4 is 9.64 Å². The highest BCUT2D eigenvalue weighted by atomic mass is 19.4.